The number of hydrogen-bond acceptors (Lipinski definition) is 14. The number of nitrogen functional groups attached to an aromatic ring is 1. The van der Waals surface area contributed by atoms with Crippen molar-refractivity contribution in [1.82, 2.24) is 34.4 Å². The minimum absolute atomic E-state index is 0.0243. The third-order valence-electron chi connectivity index (χ3n) is 6.86. The summed E-state index contributed by atoms with van der Waals surface area (Å²) in [5.41, 5.74) is 12.5. The zero-order valence-corrected chi connectivity index (χ0v) is 26.1. The standard InChI is InChI=1S/C21H31BN10O8P2S/c1-25-21(24)30-17-13(5-33)28-10-32(17)19-11-3-12(38-19)6-37-42(22,35)39-14(20(36-2)40-41(34,43)7-11)4-31-9-29-15-16(23)26-8-27-18(15)31/h5,8-12,14,19-20H,3-4,6-7,22H2,1-2H3,(H,34,43)(H2,23,26,27)(H3,24,25,30)/t11-,12-,14-,19+,20+,41?,42?/m0/s1. The molecule has 2 aliphatic rings. The average molecular weight is 656 g/mol. The lowest BCUT2D eigenvalue weighted by Crippen LogP contribution is -2.36. The first kappa shape index (κ1) is 31.6. The molecule has 2 unspecified atom stereocenters. The van der Waals surface area contributed by atoms with Crippen molar-refractivity contribution < 1.29 is 37.0 Å². The Morgan fingerprint density at radius 1 is 1.30 bits per heavy atom. The van der Waals surface area contributed by atoms with Gasteiger partial charge in [0.2, 0.25) is 0 Å². The first-order chi connectivity index (χ1) is 20.4. The van der Waals surface area contributed by atoms with Crippen LogP contribution < -0.4 is 16.8 Å². The summed E-state index contributed by atoms with van der Waals surface area (Å²) in [5, 5.41) is 2.69. The van der Waals surface area contributed by atoms with Crippen LogP contribution in [0.15, 0.2) is 24.0 Å². The second-order valence-corrected chi connectivity index (χ2v) is 15.6. The molecule has 0 aliphatic carbocycles. The fraction of sp³-hybridized carbons (Fsp3) is 0.524. The van der Waals surface area contributed by atoms with E-state index in [0.717, 1.165) is 0 Å². The molecule has 2 saturated heterocycles. The van der Waals surface area contributed by atoms with Crippen LogP contribution in [0.2, 0.25) is 0 Å². The third kappa shape index (κ3) is 6.96. The van der Waals surface area contributed by atoms with Crippen molar-refractivity contribution in [2.24, 2.45) is 16.6 Å². The van der Waals surface area contributed by atoms with Crippen LogP contribution in [0.1, 0.15) is 23.1 Å². The van der Waals surface area contributed by atoms with E-state index in [0.29, 0.717) is 23.9 Å². The van der Waals surface area contributed by atoms with Gasteiger partial charge < -0.3 is 39.9 Å². The molecule has 22 heteroatoms. The molecule has 3 aromatic rings. The Balaban J connectivity index is 1.48. The largest absolute Gasteiger partial charge is 0.382 e. The molecule has 43 heavy (non-hydrogen) atoms. The smallest absolute Gasteiger partial charge is 0.271 e. The van der Waals surface area contributed by atoms with E-state index in [4.69, 9.17) is 34.5 Å². The molecular weight excluding hydrogens is 625 g/mol. The number of nitrogens with one attached hydrogen (secondary N) is 1. The maximum absolute atomic E-state index is 13.9. The number of anilines is 1. The summed E-state index contributed by atoms with van der Waals surface area (Å²) in [6.45, 7) is -3.91. The molecule has 5 N–H and O–H groups in total. The van der Waals surface area contributed by atoms with Crippen molar-refractivity contribution >= 4 is 68.9 Å². The Bertz CT molecular complexity index is 1620. The number of aldehydes is 1. The number of carbonyl (C=O) groups excluding carboxylic acids is 1. The molecule has 0 spiro atoms. The Kier molecular flexibility index (Phi) is 9.30. The van der Waals surface area contributed by atoms with E-state index in [2.05, 4.69) is 42.5 Å². The number of rotatable bonds is 6. The van der Waals surface area contributed by atoms with Gasteiger partial charge in [-0.15, -0.1) is 0 Å². The lowest BCUT2D eigenvalue weighted by molar-refractivity contribution is -0.121. The molecule has 0 amide bonds. The summed E-state index contributed by atoms with van der Waals surface area (Å²) in [6.07, 6.45) is 1.06. The zero-order valence-electron chi connectivity index (χ0n) is 23.4. The number of guanidine groups is 1. The lowest BCUT2D eigenvalue weighted by atomic mass is 10.1. The number of ether oxygens (including phenoxy) is 2. The summed E-state index contributed by atoms with van der Waals surface area (Å²) >= 11 is 4.42. The van der Waals surface area contributed by atoms with E-state index in [1.54, 1.807) is 11.6 Å². The predicted octanol–water partition coefficient (Wildman–Crippen LogP) is 0.456. The van der Waals surface area contributed by atoms with Crippen LogP contribution in [0.3, 0.4) is 0 Å². The van der Waals surface area contributed by atoms with E-state index >= 15 is 0 Å². The van der Waals surface area contributed by atoms with Crippen molar-refractivity contribution in [2.45, 2.75) is 37.7 Å². The summed E-state index contributed by atoms with van der Waals surface area (Å²) in [4.78, 5) is 32.5. The van der Waals surface area contributed by atoms with Crippen LogP contribution in [0.25, 0.3) is 11.2 Å². The van der Waals surface area contributed by atoms with Crippen LogP contribution in [0, 0.1) is 5.92 Å². The van der Waals surface area contributed by atoms with Crippen molar-refractivity contribution in [1.29, 1.82) is 0 Å². The Morgan fingerprint density at radius 2 is 2.09 bits per heavy atom. The molecule has 2 fully saturated rings. The van der Waals surface area contributed by atoms with E-state index < -0.39 is 44.7 Å². The Hall–Kier alpha value is -2.83. The van der Waals surface area contributed by atoms with Gasteiger partial charge in [0.1, 0.15) is 29.9 Å². The number of fused-ring (bicyclic) bond motifs is 3. The number of carbonyl (C=O) groups is 1. The molecule has 3 aromatic heterocycles. The molecular formula is C21H31BN10O8P2S. The number of aromatic nitrogens is 6. The van der Waals surface area contributed by atoms with Gasteiger partial charge in [-0.25, -0.2) is 19.9 Å². The lowest BCUT2D eigenvalue weighted by Gasteiger charge is -2.31. The summed E-state index contributed by atoms with van der Waals surface area (Å²) in [5.74, 6) is -0.140. The first-order valence-electron chi connectivity index (χ1n) is 13.0. The van der Waals surface area contributed by atoms with Gasteiger partial charge in [-0.2, -0.15) is 4.99 Å². The van der Waals surface area contributed by atoms with E-state index in [9.17, 15) is 13.9 Å². The predicted molar refractivity (Wildman–Crippen MR) is 160 cm³/mol. The van der Waals surface area contributed by atoms with Gasteiger partial charge in [-0.1, -0.05) is 12.2 Å². The second-order valence-electron chi connectivity index (χ2n) is 9.94. The van der Waals surface area contributed by atoms with Gasteiger partial charge in [0.25, 0.3) is 21.6 Å². The third-order valence-corrected chi connectivity index (χ3v) is 10.4. The molecule has 2 bridgehead atoms. The van der Waals surface area contributed by atoms with Gasteiger partial charge >= 0.3 is 0 Å². The Labute approximate surface area is 251 Å². The van der Waals surface area contributed by atoms with Crippen molar-refractivity contribution in [3.63, 3.8) is 0 Å². The van der Waals surface area contributed by atoms with Gasteiger partial charge in [-0.05, 0) is 6.42 Å². The Morgan fingerprint density at radius 3 is 2.81 bits per heavy atom. The van der Waals surface area contributed by atoms with Gasteiger partial charge in [0, 0.05) is 26.2 Å². The molecule has 232 valence electrons. The first-order valence-corrected chi connectivity index (χ1v) is 17.9. The summed E-state index contributed by atoms with van der Waals surface area (Å²) in [6, 6.07) is 0. The minimum Gasteiger partial charge on any atom is -0.382 e. The number of hydrogen-bond donors (Lipinski definition) is 4. The van der Waals surface area contributed by atoms with E-state index in [1.807, 2.05) is 0 Å². The van der Waals surface area contributed by atoms with Gasteiger partial charge in [-0.3, -0.25) is 23.0 Å². The van der Waals surface area contributed by atoms with E-state index in [-0.39, 0.29) is 42.6 Å². The number of nitrogens with two attached hydrogens (primary N) is 2. The van der Waals surface area contributed by atoms with Crippen LogP contribution >= 0.6 is 26.3 Å². The fourth-order valence-corrected chi connectivity index (χ4v) is 8.58. The average Bonchev–Trinajstić information content (AvgIpc) is 3.67. The van der Waals surface area contributed by atoms with Crippen molar-refractivity contribution in [2.75, 3.05) is 32.7 Å². The highest BCUT2D eigenvalue weighted by atomic mass is 32.7. The molecule has 5 rings (SSSR count). The molecule has 7 atom stereocenters. The molecule has 0 radical (unpaired) electrons. The van der Waals surface area contributed by atoms with Crippen molar-refractivity contribution in [3.05, 3.63) is 24.7 Å². The van der Waals surface area contributed by atoms with Gasteiger partial charge in [0.05, 0.1) is 31.9 Å². The highest BCUT2D eigenvalue weighted by Gasteiger charge is 2.45. The minimum atomic E-state index is -3.79. The number of methoxy groups -OCH3 is 1. The van der Waals surface area contributed by atoms with Crippen LogP contribution in [-0.4, -0.2) is 94.3 Å². The maximum atomic E-state index is 13.9. The number of aliphatic imine (C=N–C) groups is 1. The molecule has 2 aliphatic heterocycles. The summed E-state index contributed by atoms with van der Waals surface area (Å²) in [7, 11) is 0.409. The molecule has 5 heterocycles. The van der Waals surface area contributed by atoms with Crippen molar-refractivity contribution in [3.8, 4) is 0 Å². The topological polar surface area (TPSA) is 235 Å². The van der Waals surface area contributed by atoms with Crippen LogP contribution in [0.4, 0.5) is 11.6 Å². The molecule has 18 nitrogen and oxygen atoms in total. The number of thiol groups is 1. The second kappa shape index (κ2) is 12.7. The zero-order chi connectivity index (χ0) is 30.9. The highest BCUT2D eigenvalue weighted by Crippen LogP contribution is 2.59. The number of imidazole rings is 2. The fourth-order valence-electron chi connectivity index (χ4n) is 4.96. The quantitative estimate of drug-likeness (QED) is 0.0704. The van der Waals surface area contributed by atoms with Gasteiger partial charge in [0.15, 0.2) is 35.8 Å². The monoisotopic (exact) mass is 656 g/mol. The highest BCUT2D eigenvalue weighted by molar-refractivity contribution is 8.46. The molecule has 0 saturated carbocycles. The summed E-state index contributed by atoms with van der Waals surface area (Å²) < 4.78 is 60.0. The SMILES string of the molecule is BP1(=O)OC[C@@H]2C[C@@H](CP(=O)(S)O[C@@H](OC)[C@H](Cn3cnc4c(N)ncnc43)O1)[C@H](n1cnc(C=O)c1/N=C(/N)NC)O2. The normalized spacial score (nSPS) is 32.3. The van der Waals surface area contributed by atoms with Crippen LogP contribution in [-0.2, 0) is 38.7 Å². The van der Waals surface area contributed by atoms with E-state index in [1.165, 1.54) is 38.2 Å². The maximum Gasteiger partial charge on any atom is 0.271 e. The van der Waals surface area contributed by atoms with Crippen LogP contribution in [0.5, 0.6) is 0 Å². The molecule has 0 aromatic carbocycles. The number of nitrogens with zero attached hydrogens (tertiary/aromatic N) is 7.